The lowest BCUT2D eigenvalue weighted by Crippen LogP contribution is -1.98. The molecule has 0 radical (unpaired) electrons. The molecule has 0 amide bonds. The Bertz CT molecular complexity index is 294. The van der Waals surface area contributed by atoms with Gasteiger partial charge in [0.2, 0.25) is 0 Å². The lowest BCUT2D eigenvalue weighted by Gasteiger charge is -2.10. The minimum Gasteiger partial charge on any atom is -0.372 e. The van der Waals surface area contributed by atoms with Crippen LogP contribution in [-0.4, -0.2) is 13.2 Å². The van der Waals surface area contributed by atoms with Gasteiger partial charge in [-0.2, -0.15) is 0 Å². The van der Waals surface area contributed by atoms with Gasteiger partial charge in [0.15, 0.2) is 0 Å². The quantitative estimate of drug-likeness (QED) is 0.551. The number of hydrogen-bond acceptors (Lipinski definition) is 1. The van der Waals surface area contributed by atoms with Crippen LogP contribution in [0.4, 0.5) is 0 Å². The molecule has 0 bridgehead atoms. The fraction of sp³-hybridized carbons (Fsp3) is 0.500. The fourth-order valence-corrected chi connectivity index (χ4v) is 1.91. The Labute approximate surface area is 79.8 Å². The molecule has 2 aliphatic rings. The summed E-state index contributed by atoms with van der Waals surface area (Å²) >= 11 is 0. The Kier molecular flexibility index (Phi) is 2.36. The van der Waals surface area contributed by atoms with Crippen LogP contribution in [0.3, 0.4) is 0 Å². The molecule has 2 rings (SSSR count). The number of hydrogen-bond donors (Lipinski definition) is 0. The Morgan fingerprint density at radius 3 is 3.08 bits per heavy atom. The maximum Gasteiger partial charge on any atom is 0.0721 e. The topological polar surface area (TPSA) is 9.23 Å². The van der Waals surface area contributed by atoms with Crippen molar-refractivity contribution in [3.63, 3.8) is 0 Å². The molecular weight excluding hydrogens is 160 g/mol. The number of allylic oxidation sites excluding steroid dienone is 3. The molecule has 70 valence electrons. The first-order chi connectivity index (χ1) is 6.25. The normalized spacial score (nSPS) is 34.6. The van der Waals surface area contributed by atoms with Crippen molar-refractivity contribution in [2.75, 3.05) is 13.2 Å². The van der Waals surface area contributed by atoms with Gasteiger partial charge in [-0.25, -0.2) is 0 Å². The monoisotopic (exact) mass is 176 g/mol. The average molecular weight is 176 g/mol. The predicted octanol–water partition coefficient (Wildman–Crippen LogP) is 2.86. The van der Waals surface area contributed by atoms with E-state index in [9.17, 15) is 0 Å². The molecule has 1 nitrogen and oxygen atoms in total. The van der Waals surface area contributed by atoms with E-state index in [1.165, 1.54) is 16.7 Å². The highest BCUT2D eigenvalue weighted by atomic mass is 16.5. The van der Waals surface area contributed by atoms with E-state index in [2.05, 4.69) is 32.1 Å². The lowest BCUT2D eigenvalue weighted by atomic mass is 9.94. The highest BCUT2D eigenvalue weighted by Gasteiger charge is 2.16. The highest BCUT2D eigenvalue weighted by molar-refractivity contribution is 5.37. The summed E-state index contributed by atoms with van der Waals surface area (Å²) < 4.78 is 5.45. The van der Waals surface area contributed by atoms with Crippen molar-refractivity contribution < 1.29 is 4.74 Å². The maximum absolute atomic E-state index is 5.45. The van der Waals surface area contributed by atoms with Crippen molar-refractivity contribution in [2.45, 2.75) is 20.3 Å². The van der Waals surface area contributed by atoms with Gasteiger partial charge in [0.1, 0.15) is 0 Å². The zero-order valence-corrected chi connectivity index (χ0v) is 8.34. The lowest BCUT2D eigenvalue weighted by molar-refractivity contribution is 0.203. The predicted molar refractivity (Wildman–Crippen MR) is 54.5 cm³/mol. The molecule has 1 heterocycles. The first-order valence-electron chi connectivity index (χ1n) is 4.91. The van der Waals surface area contributed by atoms with E-state index in [-0.39, 0.29) is 0 Å². The van der Waals surface area contributed by atoms with Crippen molar-refractivity contribution in [1.82, 2.24) is 0 Å². The Balaban J connectivity index is 2.32. The van der Waals surface area contributed by atoms with Crippen molar-refractivity contribution in [3.8, 4) is 0 Å². The van der Waals surface area contributed by atoms with Gasteiger partial charge in [0.25, 0.3) is 0 Å². The molecule has 0 N–H and O–H groups in total. The van der Waals surface area contributed by atoms with Gasteiger partial charge < -0.3 is 4.74 Å². The third kappa shape index (κ3) is 1.92. The van der Waals surface area contributed by atoms with Crippen LogP contribution in [0, 0.1) is 5.92 Å². The van der Waals surface area contributed by atoms with Crippen molar-refractivity contribution >= 4 is 0 Å². The van der Waals surface area contributed by atoms with E-state index < -0.39 is 0 Å². The molecule has 13 heavy (non-hydrogen) atoms. The molecule has 1 aliphatic heterocycles. The molecule has 0 aromatic rings. The maximum atomic E-state index is 5.45. The summed E-state index contributed by atoms with van der Waals surface area (Å²) in [6.45, 7) is 6.07. The van der Waals surface area contributed by atoms with E-state index in [0.29, 0.717) is 5.92 Å². The molecule has 0 saturated heterocycles. The van der Waals surface area contributed by atoms with Crippen LogP contribution in [0.25, 0.3) is 0 Å². The summed E-state index contributed by atoms with van der Waals surface area (Å²) in [5, 5.41) is 0. The Hall–Kier alpha value is -0.820. The van der Waals surface area contributed by atoms with Gasteiger partial charge in [-0.05, 0) is 30.4 Å². The molecule has 0 aromatic heterocycles. The van der Waals surface area contributed by atoms with Gasteiger partial charge in [0, 0.05) is 0 Å². The van der Waals surface area contributed by atoms with Gasteiger partial charge >= 0.3 is 0 Å². The summed E-state index contributed by atoms with van der Waals surface area (Å²) in [6, 6.07) is 0. The number of ether oxygens (including phenoxy) is 1. The van der Waals surface area contributed by atoms with Crippen LogP contribution in [0.15, 0.2) is 34.9 Å². The van der Waals surface area contributed by atoms with Gasteiger partial charge in [-0.3, -0.25) is 0 Å². The minimum atomic E-state index is 0.648. The SMILES string of the molecule is CC1=C/C2=C(COC2)CC(C)/C=C\1. The third-order valence-electron chi connectivity index (χ3n) is 2.65. The summed E-state index contributed by atoms with van der Waals surface area (Å²) in [7, 11) is 0. The average Bonchev–Trinajstić information content (AvgIpc) is 2.47. The van der Waals surface area contributed by atoms with Crippen LogP contribution in [0.1, 0.15) is 20.3 Å². The largest absolute Gasteiger partial charge is 0.372 e. The minimum absolute atomic E-state index is 0.648. The van der Waals surface area contributed by atoms with Crippen LogP contribution < -0.4 is 0 Å². The van der Waals surface area contributed by atoms with Gasteiger partial charge in [0.05, 0.1) is 13.2 Å². The van der Waals surface area contributed by atoms with Crippen molar-refractivity contribution in [3.05, 3.63) is 34.9 Å². The Morgan fingerprint density at radius 1 is 1.38 bits per heavy atom. The third-order valence-corrected chi connectivity index (χ3v) is 2.65. The van der Waals surface area contributed by atoms with Crippen LogP contribution in [0.2, 0.25) is 0 Å². The van der Waals surface area contributed by atoms with Gasteiger partial charge in [-0.1, -0.05) is 30.7 Å². The molecule has 0 saturated carbocycles. The Morgan fingerprint density at radius 2 is 2.23 bits per heavy atom. The second kappa shape index (κ2) is 3.51. The highest BCUT2D eigenvalue weighted by Crippen LogP contribution is 2.26. The summed E-state index contributed by atoms with van der Waals surface area (Å²) in [4.78, 5) is 0. The molecule has 1 heteroatoms. The zero-order valence-electron chi connectivity index (χ0n) is 8.34. The zero-order chi connectivity index (χ0) is 9.26. The first-order valence-corrected chi connectivity index (χ1v) is 4.91. The van der Waals surface area contributed by atoms with E-state index in [0.717, 1.165) is 19.6 Å². The summed E-state index contributed by atoms with van der Waals surface area (Å²) in [5.74, 6) is 0.648. The van der Waals surface area contributed by atoms with E-state index in [1.807, 2.05) is 0 Å². The van der Waals surface area contributed by atoms with Crippen LogP contribution in [0.5, 0.6) is 0 Å². The van der Waals surface area contributed by atoms with Crippen LogP contribution in [-0.2, 0) is 4.74 Å². The molecule has 1 unspecified atom stereocenters. The standard InChI is InChI=1S/C12H16O/c1-9-3-4-10(2)6-12-8-13-7-11(12)5-9/h3-5,10H,6-8H2,1-2H3/b4-3-,9-5-. The fourth-order valence-electron chi connectivity index (χ4n) is 1.91. The first kappa shape index (κ1) is 8.76. The molecular formula is C12H16O. The molecule has 1 aliphatic carbocycles. The number of rotatable bonds is 0. The second-order valence-corrected chi connectivity index (χ2v) is 4.05. The smallest absolute Gasteiger partial charge is 0.0721 e. The van der Waals surface area contributed by atoms with Crippen molar-refractivity contribution in [2.24, 2.45) is 5.92 Å². The van der Waals surface area contributed by atoms with Crippen molar-refractivity contribution in [1.29, 1.82) is 0 Å². The summed E-state index contributed by atoms with van der Waals surface area (Å²) in [6.07, 6.45) is 7.92. The molecule has 1 atom stereocenters. The molecule has 0 fully saturated rings. The van der Waals surface area contributed by atoms with Gasteiger partial charge in [-0.15, -0.1) is 0 Å². The molecule has 0 spiro atoms. The summed E-state index contributed by atoms with van der Waals surface area (Å²) in [5.41, 5.74) is 4.24. The van der Waals surface area contributed by atoms with Crippen LogP contribution >= 0.6 is 0 Å². The molecule has 0 aromatic carbocycles. The second-order valence-electron chi connectivity index (χ2n) is 4.05. The van der Waals surface area contributed by atoms with E-state index in [4.69, 9.17) is 4.74 Å². The van der Waals surface area contributed by atoms with E-state index in [1.54, 1.807) is 0 Å². The van der Waals surface area contributed by atoms with E-state index >= 15 is 0 Å².